The summed E-state index contributed by atoms with van der Waals surface area (Å²) in [6, 6.07) is 10.3. The van der Waals surface area contributed by atoms with Crippen LogP contribution in [-0.2, 0) is 12.8 Å². The Kier molecular flexibility index (Phi) is 5.15. The fourth-order valence-electron chi connectivity index (χ4n) is 4.59. The number of fused-ring (bicyclic) bond motifs is 1. The summed E-state index contributed by atoms with van der Waals surface area (Å²) in [6.07, 6.45) is 10.7. The Labute approximate surface area is 148 Å². The van der Waals surface area contributed by atoms with E-state index in [9.17, 15) is 0 Å². The van der Waals surface area contributed by atoms with Crippen LogP contribution in [0.25, 0.3) is 0 Å². The molecule has 2 heteroatoms. The predicted octanol–water partition coefficient (Wildman–Crippen LogP) is 4.17. The Morgan fingerprint density at radius 1 is 1.21 bits per heavy atom. The fourth-order valence-corrected chi connectivity index (χ4v) is 4.59. The first-order valence-corrected chi connectivity index (χ1v) is 9.50. The SMILES string of the molecule is C=C/C(=C\C)N(C[C@@H]1CCCC[N+]1(C)C)C1Cc2ccccc2C1. The third kappa shape index (κ3) is 3.44. The lowest BCUT2D eigenvalue weighted by Gasteiger charge is -2.45. The van der Waals surface area contributed by atoms with Crippen molar-refractivity contribution in [1.82, 2.24) is 4.90 Å². The average Bonchev–Trinajstić information content (AvgIpc) is 3.00. The number of hydrogen-bond acceptors (Lipinski definition) is 1. The molecular weight excluding hydrogens is 292 g/mol. The first-order valence-electron chi connectivity index (χ1n) is 9.50. The number of allylic oxidation sites excluding steroid dienone is 2. The van der Waals surface area contributed by atoms with Crippen molar-refractivity contribution in [3.8, 4) is 0 Å². The number of rotatable bonds is 5. The summed E-state index contributed by atoms with van der Waals surface area (Å²) in [5.41, 5.74) is 4.37. The molecule has 0 radical (unpaired) electrons. The van der Waals surface area contributed by atoms with Gasteiger partial charge in [-0.2, -0.15) is 0 Å². The van der Waals surface area contributed by atoms with E-state index in [0.717, 1.165) is 17.1 Å². The van der Waals surface area contributed by atoms with Crippen molar-refractivity contribution < 1.29 is 4.48 Å². The van der Waals surface area contributed by atoms with Gasteiger partial charge in [-0.15, -0.1) is 0 Å². The van der Waals surface area contributed by atoms with Crippen LogP contribution in [0.3, 0.4) is 0 Å². The van der Waals surface area contributed by atoms with E-state index in [4.69, 9.17) is 0 Å². The highest BCUT2D eigenvalue weighted by Crippen LogP contribution is 2.30. The third-order valence-corrected chi connectivity index (χ3v) is 6.22. The van der Waals surface area contributed by atoms with Gasteiger partial charge in [-0.05, 0) is 49.8 Å². The van der Waals surface area contributed by atoms with Crippen molar-refractivity contribution in [2.24, 2.45) is 0 Å². The fraction of sp³-hybridized carbons (Fsp3) is 0.545. The Bertz CT molecular complexity index is 589. The molecule has 1 aliphatic carbocycles. The van der Waals surface area contributed by atoms with Gasteiger partial charge in [0, 0.05) is 18.2 Å². The Morgan fingerprint density at radius 3 is 2.42 bits per heavy atom. The van der Waals surface area contributed by atoms with E-state index in [1.165, 1.54) is 55.5 Å². The molecule has 1 saturated heterocycles. The van der Waals surface area contributed by atoms with Gasteiger partial charge in [-0.25, -0.2) is 0 Å². The molecule has 2 aliphatic rings. The van der Waals surface area contributed by atoms with Crippen molar-refractivity contribution >= 4 is 0 Å². The molecule has 3 rings (SSSR count). The summed E-state index contributed by atoms with van der Waals surface area (Å²) in [5.74, 6) is 0. The zero-order valence-electron chi connectivity index (χ0n) is 15.7. The standard InChI is InChI=1S/C22H33N2/c1-5-20(6-2)23(17-22-13-9-10-14-24(22,3)4)21-15-18-11-7-8-12-19(18)16-21/h5-8,11-12,21-22H,1,9-10,13-17H2,2-4H3/q+1/b20-6+/t22-/m0/s1. The lowest BCUT2D eigenvalue weighted by atomic mass is 9.98. The number of quaternary nitrogens is 1. The van der Waals surface area contributed by atoms with Crippen LogP contribution in [-0.4, -0.2) is 48.7 Å². The Morgan fingerprint density at radius 2 is 1.88 bits per heavy atom. The van der Waals surface area contributed by atoms with Gasteiger partial charge in [0.2, 0.25) is 0 Å². The van der Waals surface area contributed by atoms with Crippen molar-refractivity contribution in [1.29, 1.82) is 0 Å². The minimum Gasteiger partial charge on any atom is -0.362 e. The number of piperidine rings is 1. The van der Waals surface area contributed by atoms with E-state index in [-0.39, 0.29) is 0 Å². The Hall–Kier alpha value is -1.54. The normalized spacial score (nSPS) is 23.8. The van der Waals surface area contributed by atoms with Crippen LogP contribution in [0.5, 0.6) is 0 Å². The van der Waals surface area contributed by atoms with Gasteiger partial charge in [0.15, 0.2) is 0 Å². The first kappa shape index (κ1) is 17.3. The topological polar surface area (TPSA) is 3.24 Å². The lowest BCUT2D eigenvalue weighted by molar-refractivity contribution is -0.919. The summed E-state index contributed by atoms with van der Waals surface area (Å²) >= 11 is 0. The summed E-state index contributed by atoms with van der Waals surface area (Å²) in [4.78, 5) is 2.66. The smallest absolute Gasteiger partial charge is 0.106 e. The van der Waals surface area contributed by atoms with E-state index < -0.39 is 0 Å². The van der Waals surface area contributed by atoms with E-state index >= 15 is 0 Å². The number of nitrogens with zero attached hydrogens (tertiary/aromatic N) is 2. The maximum Gasteiger partial charge on any atom is 0.106 e. The molecule has 0 N–H and O–H groups in total. The van der Waals surface area contributed by atoms with Gasteiger partial charge < -0.3 is 9.38 Å². The number of benzene rings is 1. The van der Waals surface area contributed by atoms with Crippen LogP contribution in [0.2, 0.25) is 0 Å². The minimum absolute atomic E-state index is 0.577. The van der Waals surface area contributed by atoms with Crippen molar-refractivity contribution in [3.05, 3.63) is 59.8 Å². The summed E-state index contributed by atoms with van der Waals surface area (Å²) in [7, 11) is 4.82. The molecule has 0 bridgehead atoms. The summed E-state index contributed by atoms with van der Waals surface area (Å²) in [6.45, 7) is 8.69. The van der Waals surface area contributed by atoms with Crippen LogP contribution in [0.15, 0.2) is 48.7 Å². The molecule has 0 unspecified atom stereocenters. The average molecular weight is 326 g/mol. The van der Waals surface area contributed by atoms with Gasteiger partial charge in [-0.3, -0.25) is 0 Å². The van der Waals surface area contributed by atoms with Gasteiger partial charge in [0.1, 0.15) is 6.04 Å². The van der Waals surface area contributed by atoms with Crippen molar-refractivity contribution in [3.63, 3.8) is 0 Å². The monoisotopic (exact) mass is 325 g/mol. The second-order valence-corrected chi connectivity index (χ2v) is 8.05. The molecule has 1 aliphatic heterocycles. The Balaban J connectivity index is 1.81. The number of likely N-dealkylation sites (N-methyl/N-ethyl adjacent to an activating group) is 1. The molecule has 1 fully saturated rings. The quantitative estimate of drug-likeness (QED) is 0.580. The molecule has 2 nitrogen and oxygen atoms in total. The largest absolute Gasteiger partial charge is 0.362 e. The second-order valence-electron chi connectivity index (χ2n) is 8.05. The highest BCUT2D eigenvalue weighted by molar-refractivity contribution is 5.34. The van der Waals surface area contributed by atoms with E-state index in [0.29, 0.717) is 6.04 Å². The lowest BCUT2D eigenvalue weighted by Crippen LogP contribution is -2.57. The maximum atomic E-state index is 4.09. The number of likely N-dealkylation sites (tertiary alicyclic amines) is 1. The molecule has 24 heavy (non-hydrogen) atoms. The second kappa shape index (κ2) is 7.14. The van der Waals surface area contributed by atoms with Crippen LogP contribution in [0, 0.1) is 0 Å². The minimum atomic E-state index is 0.577. The first-order chi connectivity index (χ1) is 11.5. The maximum absolute atomic E-state index is 4.09. The molecule has 0 saturated carbocycles. The van der Waals surface area contributed by atoms with Crippen molar-refractivity contribution in [2.75, 3.05) is 27.2 Å². The molecule has 0 amide bonds. The van der Waals surface area contributed by atoms with E-state index in [1.807, 2.05) is 6.08 Å². The van der Waals surface area contributed by atoms with Crippen LogP contribution < -0.4 is 0 Å². The van der Waals surface area contributed by atoms with Crippen LogP contribution in [0.4, 0.5) is 0 Å². The van der Waals surface area contributed by atoms with Crippen LogP contribution >= 0.6 is 0 Å². The van der Waals surface area contributed by atoms with Gasteiger partial charge in [-0.1, -0.05) is 36.9 Å². The van der Waals surface area contributed by atoms with Crippen LogP contribution in [0.1, 0.15) is 37.3 Å². The zero-order chi connectivity index (χ0) is 17.2. The molecule has 1 atom stereocenters. The van der Waals surface area contributed by atoms with Gasteiger partial charge in [0.05, 0.1) is 27.2 Å². The molecule has 1 heterocycles. The van der Waals surface area contributed by atoms with Crippen molar-refractivity contribution in [2.45, 2.75) is 51.1 Å². The summed E-state index contributed by atoms with van der Waals surface area (Å²) in [5, 5.41) is 0. The van der Waals surface area contributed by atoms with E-state index in [2.05, 4.69) is 62.8 Å². The summed E-state index contributed by atoms with van der Waals surface area (Å²) < 4.78 is 1.16. The molecule has 130 valence electrons. The molecular formula is C22H33N2+. The molecule has 1 aromatic rings. The predicted molar refractivity (Wildman–Crippen MR) is 103 cm³/mol. The van der Waals surface area contributed by atoms with Gasteiger partial charge >= 0.3 is 0 Å². The molecule has 0 aromatic heterocycles. The number of hydrogen-bond donors (Lipinski definition) is 0. The molecule has 0 spiro atoms. The van der Waals surface area contributed by atoms with Gasteiger partial charge in [0.25, 0.3) is 0 Å². The highest BCUT2D eigenvalue weighted by Gasteiger charge is 2.36. The highest BCUT2D eigenvalue weighted by atomic mass is 15.4. The molecule has 1 aromatic carbocycles. The zero-order valence-corrected chi connectivity index (χ0v) is 15.7. The third-order valence-electron chi connectivity index (χ3n) is 6.22. The van der Waals surface area contributed by atoms with E-state index in [1.54, 1.807) is 0 Å².